The fourth-order valence-corrected chi connectivity index (χ4v) is 5.55. The minimum atomic E-state index is -4.12. The number of likely N-dealkylation sites (tertiary alicyclic amines) is 1. The molecule has 0 atom stereocenters. The molecule has 0 N–H and O–H groups in total. The Morgan fingerprint density at radius 3 is 2.38 bits per heavy atom. The van der Waals surface area contributed by atoms with Gasteiger partial charge in [0, 0.05) is 19.6 Å². The van der Waals surface area contributed by atoms with Gasteiger partial charge in [0.05, 0.1) is 11.4 Å². The molecule has 1 saturated heterocycles. The predicted molar refractivity (Wildman–Crippen MR) is 143 cm³/mol. The highest BCUT2D eigenvalue weighted by molar-refractivity contribution is 6.30. The van der Waals surface area contributed by atoms with Crippen molar-refractivity contribution < 1.29 is 17.6 Å². The van der Waals surface area contributed by atoms with Crippen LogP contribution >= 0.6 is 11.6 Å². The number of fused-ring (bicyclic) bond motifs is 1. The molecule has 192 valence electrons. The summed E-state index contributed by atoms with van der Waals surface area (Å²) in [6, 6.07) is 20.2. The average Bonchev–Trinajstić information content (AvgIpc) is 3.03. The molecule has 0 unspecified atom stereocenters. The van der Waals surface area contributed by atoms with Crippen LogP contribution in [0.4, 0.5) is 17.6 Å². The topological polar surface area (TPSA) is 3.24 Å². The first kappa shape index (κ1) is 25.7. The number of allylic oxidation sites excluding steroid dienone is 1. The Hall–Kier alpha value is -2.89. The third kappa shape index (κ3) is 5.68. The van der Waals surface area contributed by atoms with Crippen molar-refractivity contribution in [1.82, 2.24) is 4.90 Å². The highest BCUT2D eigenvalue weighted by Crippen LogP contribution is 2.41. The molecule has 1 aliphatic carbocycles. The van der Waals surface area contributed by atoms with Gasteiger partial charge in [0.15, 0.2) is 0 Å². The Labute approximate surface area is 220 Å². The van der Waals surface area contributed by atoms with E-state index in [9.17, 15) is 17.6 Å². The lowest BCUT2D eigenvalue weighted by atomic mass is 9.86. The van der Waals surface area contributed by atoms with E-state index in [1.165, 1.54) is 5.56 Å². The van der Waals surface area contributed by atoms with E-state index < -0.39 is 12.6 Å². The standard InChI is InChI=1S/C31H28ClF4N/c1-20-25(13-14-28(32)30(20)33)27-8-4-6-23-5-2-3-7-26(23)29(27)24-11-9-21(10-12-24)17-22-18-37(19-22)16-15-31(34,35)36/h2-3,5,7,9-14,17H,4,6,8,15-16,18-19H2,1H3. The second-order valence-electron chi connectivity index (χ2n) is 9.90. The molecule has 1 fully saturated rings. The summed E-state index contributed by atoms with van der Waals surface area (Å²) in [5.41, 5.74) is 9.31. The summed E-state index contributed by atoms with van der Waals surface area (Å²) in [6.45, 7) is 2.97. The van der Waals surface area contributed by atoms with Crippen molar-refractivity contribution in [1.29, 1.82) is 0 Å². The first-order valence-electron chi connectivity index (χ1n) is 12.5. The normalized spacial score (nSPS) is 16.3. The number of alkyl halides is 3. The lowest BCUT2D eigenvalue weighted by Crippen LogP contribution is -2.41. The lowest BCUT2D eigenvalue weighted by molar-refractivity contribution is -0.138. The van der Waals surface area contributed by atoms with Crippen molar-refractivity contribution in [2.24, 2.45) is 0 Å². The zero-order valence-electron chi connectivity index (χ0n) is 20.6. The second-order valence-corrected chi connectivity index (χ2v) is 10.3. The maximum atomic E-state index is 14.8. The van der Waals surface area contributed by atoms with E-state index in [1.807, 2.05) is 24.3 Å². The molecule has 3 aromatic carbocycles. The van der Waals surface area contributed by atoms with E-state index in [0.29, 0.717) is 18.7 Å². The quantitative estimate of drug-likeness (QED) is 0.301. The van der Waals surface area contributed by atoms with Crippen LogP contribution in [0.15, 0.2) is 66.2 Å². The molecule has 0 saturated carbocycles. The molecule has 0 bridgehead atoms. The van der Waals surface area contributed by atoms with Crippen LogP contribution in [0, 0.1) is 12.7 Å². The summed E-state index contributed by atoms with van der Waals surface area (Å²) < 4.78 is 52.2. The summed E-state index contributed by atoms with van der Waals surface area (Å²) >= 11 is 6.06. The van der Waals surface area contributed by atoms with E-state index in [1.54, 1.807) is 17.9 Å². The molecule has 2 aliphatic rings. The van der Waals surface area contributed by atoms with Crippen LogP contribution in [-0.2, 0) is 6.42 Å². The van der Waals surface area contributed by atoms with Crippen molar-refractivity contribution in [2.75, 3.05) is 19.6 Å². The average molecular weight is 526 g/mol. The summed E-state index contributed by atoms with van der Waals surface area (Å²) in [7, 11) is 0. The molecular formula is C31H28ClF4N. The number of rotatable bonds is 5. The van der Waals surface area contributed by atoms with Gasteiger partial charge < -0.3 is 0 Å². The largest absolute Gasteiger partial charge is 0.390 e. The van der Waals surface area contributed by atoms with Gasteiger partial charge in [-0.15, -0.1) is 0 Å². The smallest absolute Gasteiger partial charge is 0.295 e. The minimum absolute atomic E-state index is 0.0425. The molecule has 37 heavy (non-hydrogen) atoms. The van der Waals surface area contributed by atoms with Gasteiger partial charge in [0.25, 0.3) is 0 Å². The molecule has 0 radical (unpaired) electrons. The number of hydrogen-bond acceptors (Lipinski definition) is 1. The molecule has 6 heteroatoms. The number of halogens is 5. The maximum Gasteiger partial charge on any atom is 0.390 e. The van der Waals surface area contributed by atoms with Gasteiger partial charge in [0.1, 0.15) is 5.82 Å². The molecule has 0 aromatic heterocycles. The van der Waals surface area contributed by atoms with Gasteiger partial charge in [-0.1, -0.05) is 72.3 Å². The lowest BCUT2D eigenvalue weighted by Gasteiger charge is -2.34. The highest BCUT2D eigenvalue weighted by Gasteiger charge is 2.30. The van der Waals surface area contributed by atoms with Crippen LogP contribution in [0.3, 0.4) is 0 Å². The fraction of sp³-hybridized carbons (Fsp3) is 0.290. The van der Waals surface area contributed by atoms with E-state index in [0.717, 1.165) is 58.2 Å². The number of aryl methyl sites for hydroxylation is 1. The Morgan fingerprint density at radius 2 is 1.65 bits per heavy atom. The third-order valence-electron chi connectivity index (χ3n) is 7.26. The van der Waals surface area contributed by atoms with Crippen LogP contribution in [-0.4, -0.2) is 30.7 Å². The Kier molecular flexibility index (Phi) is 7.28. The Morgan fingerprint density at radius 1 is 0.919 bits per heavy atom. The Balaban J connectivity index is 1.48. The molecule has 3 aromatic rings. The van der Waals surface area contributed by atoms with Crippen molar-refractivity contribution in [3.05, 3.63) is 110 Å². The van der Waals surface area contributed by atoms with Crippen LogP contribution in [0.1, 0.15) is 52.6 Å². The monoisotopic (exact) mass is 525 g/mol. The fourth-order valence-electron chi connectivity index (χ4n) is 5.35. The first-order chi connectivity index (χ1) is 17.7. The molecule has 1 nitrogen and oxygen atoms in total. The third-order valence-corrected chi connectivity index (χ3v) is 7.55. The number of nitrogens with zero attached hydrogens (tertiary/aromatic N) is 1. The Bertz CT molecular complexity index is 1360. The van der Waals surface area contributed by atoms with Gasteiger partial charge in [0.2, 0.25) is 0 Å². The molecular weight excluding hydrogens is 498 g/mol. The maximum absolute atomic E-state index is 14.8. The van der Waals surface area contributed by atoms with Crippen LogP contribution in [0.25, 0.3) is 17.2 Å². The zero-order chi connectivity index (χ0) is 26.2. The first-order valence-corrected chi connectivity index (χ1v) is 12.9. The van der Waals surface area contributed by atoms with E-state index in [4.69, 9.17) is 11.6 Å². The SMILES string of the molecule is Cc1c(C2=C(c3ccc(C=C4CN(CCC(F)(F)F)C4)cc3)c3ccccc3CCC2)ccc(Cl)c1F. The summed E-state index contributed by atoms with van der Waals surface area (Å²) in [4.78, 5) is 1.81. The summed E-state index contributed by atoms with van der Waals surface area (Å²) in [5, 5.41) is 0.128. The van der Waals surface area contributed by atoms with Crippen LogP contribution in [0.5, 0.6) is 0 Å². The molecule has 1 aliphatic heterocycles. The predicted octanol–water partition coefficient (Wildman–Crippen LogP) is 8.73. The van der Waals surface area contributed by atoms with Gasteiger partial charge >= 0.3 is 6.18 Å². The highest BCUT2D eigenvalue weighted by atomic mass is 35.5. The zero-order valence-corrected chi connectivity index (χ0v) is 21.4. The van der Waals surface area contributed by atoms with E-state index in [-0.39, 0.29) is 17.4 Å². The van der Waals surface area contributed by atoms with Crippen LogP contribution < -0.4 is 0 Å². The minimum Gasteiger partial charge on any atom is -0.295 e. The van der Waals surface area contributed by atoms with Crippen molar-refractivity contribution >= 4 is 28.8 Å². The molecule has 1 heterocycles. The van der Waals surface area contributed by atoms with E-state index >= 15 is 0 Å². The van der Waals surface area contributed by atoms with Crippen molar-refractivity contribution in [3.63, 3.8) is 0 Å². The molecule has 5 rings (SSSR count). The second kappa shape index (κ2) is 10.5. The van der Waals surface area contributed by atoms with Crippen molar-refractivity contribution in [3.8, 4) is 0 Å². The number of hydrogen-bond donors (Lipinski definition) is 0. The van der Waals surface area contributed by atoms with Gasteiger partial charge in [-0.05, 0) is 82.4 Å². The van der Waals surface area contributed by atoms with Gasteiger partial charge in [-0.25, -0.2) is 4.39 Å². The van der Waals surface area contributed by atoms with Gasteiger partial charge in [-0.2, -0.15) is 13.2 Å². The van der Waals surface area contributed by atoms with Gasteiger partial charge in [-0.3, -0.25) is 4.90 Å². The molecule has 0 spiro atoms. The number of benzene rings is 3. The van der Waals surface area contributed by atoms with Crippen LogP contribution in [0.2, 0.25) is 5.02 Å². The van der Waals surface area contributed by atoms with Crippen molar-refractivity contribution in [2.45, 2.75) is 38.8 Å². The van der Waals surface area contributed by atoms with E-state index in [2.05, 4.69) is 36.4 Å². The molecule has 0 amide bonds. The summed E-state index contributed by atoms with van der Waals surface area (Å²) in [5.74, 6) is -0.379. The summed E-state index contributed by atoms with van der Waals surface area (Å²) in [6.07, 6.45) is -0.0864.